The molecule has 3 aliphatic rings. The molecule has 0 saturated carbocycles. The van der Waals surface area contributed by atoms with Crippen molar-refractivity contribution in [1.82, 2.24) is 19.4 Å². The van der Waals surface area contributed by atoms with E-state index in [0.717, 1.165) is 49.2 Å². The molecule has 0 unspecified atom stereocenters. The van der Waals surface area contributed by atoms with E-state index in [1.807, 2.05) is 49.4 Å². The third kappa shape index (κ3) is 3.35. The zero-order chi connectivity index (χ0) is 32.2. The van der Waals surface area contributed by atoms with Gasteiger partial charge in [-0.05, 0) is 36.2 Å². The van der Waals surface area contributed by atoms with Crippen LogP contribution in [-0.2, 0) is 28.5 Å². The summed E-state index contributed by atoms with van der Waals surface area (Å²) >= 11 is 0. The van der Waals surface area contributed by atoms with Gasteiger partial charge in [-0.1, -0.05) is 81.3 Å². The molecular formula is C39H32N4O4. The Morgan fingerprint density at radius 3 is 2.40 bits per heavy atom. The Morgan fingerprint density at radius 1 is 1.00 bits per heavy atom. The molecule has 0 bridgehead atoms. The van der Waals surface area contributed by atoms with Crippen LogP contribution >= 0.6 is 0 Å². The topological polar surface area (TPSA) is 77.7 Å². The van der Waals surface area contributed by atoms with Gasteiger partial charge in [0.15, 0.2) is 6.10 Å². The molecule has 8 nitrogen and oxygen atoms in total. The molecule has 2 amide bonds. The summed E-state index contributed by atoms with van der Waals surface area (Å²) in [6.07, 6.45) is 1.37. The molecule has 9 rings (SSSR count). The van der Waals surface area contributed by atoms with Gasteiger partial charge in [-0.3, -0.25) is 9.59 Å². The van der Waals surface area contributed by atoms with Crippen LogP contribution in [0.4, 0.5) is 0 Å². The first-order chi connectivity index (χ1) is 22.9. The highest BCUT2D eigenvalue weighted by atomic mass is 16.6. The average Bonchev–Trinajstić information content (AvgIpc) is 3.79. The number of rotatable bonds is 5. The molecular weight excluding hydrogens is 588 g/mol. The molecule has 232 valence electrons. The highest BCUT2D eigenvalue weighted by Gasteiger charge is 2.59. The number of carbonyl (C=O) groups excluding carboxylic acids is 2. The molecule has 0 radical (unpaired) electrons. The van der Waals surface area contributed by atoms with Gasteiger partial charge in [0, 0.05) is 45.4 Å². The first kappa shape index (κ1) is 27.7. The van der Waals surface area contributed by atoms with Crippen molar-refractivity contribution in [2.45, 2.75) is 44.5 Å². The van der Waals surface area contributed by atoms with Crippen LogP contribution in [0.15, 0.2) is 116 Å². The largest absolute Gasteiger partial charge is 0.483 e. The van der Waals surface area contributed by atoms with E-state index >= 15 is 0 Å². The van der Waals surface area contributed by atoms with Crippen LogP contribution in [0.5, 0.6) is 0 Å². The summed E-state index contributed by atoms with van der Waals surface area (Å²) in [4.78, 5) is 29.3. The number of nitrogens with zero attached hydrogens (tertiary/aromatic N) is 3. The Morgan fingerprint density at radius 2 is 1.68 bits per heavy atom. The minimum Gasteiger partial charge on any atom is -0.483 e. The molecule has 0 aliphatic carbocycles. The molecule has 8 heteroatoms. The summed E-state index contributed by atoms with van der Waals surface area (Å²) in [5.74, 6) is 0.141. The van der Waals surface area contributed by atoms with Crippen LogP contribution in [0.1, 0.15) is 39.6 Å². The molecule has 6 aromatic rings. The van der Waals surface area contributed by atoms with E-state index < -0.39 is 17.9 Å². The number of fused-ring (bicyclic) bond motifs is 10. The normalized spacial score (nSPS) is 20.7. The third-order valence-electron chi connectivity index (χ3n) is 10.3. The van der Waals surface area contributed by atoms with Gasteiger partial charge < -0.3 is 28.8 Å². The van der Waals surface area contributed by atoms with Crippen molar-refractivity contribution in [2.24, 2.45) is 0 Å². The van der Waals surface area contributed by atoms with E-state index in [1.54, 1.807) is 23.2 Å². The van der Waals surface area contributed by atoms with Crippen LogP contribution in [-0.4, -0.2) is 38.0 Å². The van der Waals surface area contributed by atoms with Gasteiger partial charge in [0.1, 0.15) is 12.5 Å². The molecule has 1 N–H and O–H groups in total. The molecule has 4 aromatic carbocycles. The van der Waals surface area contributed by atoms with E-state index in [4.69, 9.17) is 9.47 Å². The third-order valence-corrected chi connectivity index (χ3v) is 10.3. The second-order valence-electron chi connectivity index (χ2n) is 12.4. The van der Waals surface area contributed by atoms with Crippen LogP contribution in [0, 0.1) is 0 Å². The summed E-state index contributed by atoms with van der Waals surface area (Å²) in [7, 11) is 0. The maximum atomic E-state index is 14.0. The van der Waals surface area contributed by atoms with Crippen molar-refractivity contribution < 1.29 is 19.1 Å². The lowest BCUT2D eigenvalue weighted by Crippen LogP contribution is -2.55. The van der Waals surface area contributed by atoms with Crippen molar-refractivity contribution >= 4 is 55.4 Å². The number of hydrogen-bond acceptors (Lipinski definition) is 4. The molecule has 47 heavy (non-hydrogen) atoms. The fourth-order valence-electron chi connectivity index (χ4n) is 8.34. The Hall–Kier alpha value is -5.60. The zero-order valence-corrected chi connectivity index (χ0v) is 26.0. The van der Waals surface area contributed by atoms with Crippen molar-refractivity contribution in [3.05, 3.63) is 133 Å². The minimum atomic E-state index is -1.30. The fraction of sp³-hybridized carbons (Fsp3) is 0.179. The van der Waals surface area contributed by atoms with E-state index in [0.29, 0.717) is 35.4 Å². The Labute approximate surface area is 270 Å². The first-order valence-electron chi connectivity index (χ1n) is 15.9. The van der Waals surface area contributed by atoms with E-state index in [2.05, 4.69) is 58.5 Å². The van der Waals surface area contributed by atoms with Gasteiger partial charge in [0.2, 0.25) is 5.72 Å². The number of amides is 2. The van der Waals surface area contributed by atoms with Crippen LogP contribution < -0.4 is 5.32 Å². The summed E-state index contributed by atoms with van der Waals surface area (Å²) < 4.78 is 18.3. The number of hydrogen-bond donors (Lipinski definition) is 1. The molecule has 1 saturated heterocycles. The first-order valence-corrected chi connectivity index (χ1v) is 15.9. The Balaban J connectivity index is 1.41. The fourth-order valence-corrected chi connectivity index (χ4v) is 8.34. The van der Waals surface area contributed by atoms with Gasteiger partial charge in [-0.15, -0.1) is 0 Å². The quantitative estimate of drug-likeness (QED) is 0.219. The average molecular weight is 621 g/mol. The van der Waals surface area contributed by atoms with Gasteiger partial charge in [0.05, 0.1) is 33.7 Å². The van der Waals surface area contributed by atoms with Crippen molar-refractivity contribution in [1.29, 1.82) is 0 Å². The van der Waals surface area contributed by atoms with Crippen molar-refractivity contribution in [3.63, 3.8) is 0 Å². The Kier molecular flexibility index (Phi) is 5.72. The van der Waals surface area contributed by atoms with Crippen molar-refractivity contribution in [3.8, 4) is 0 Å². The van der Waals surface area contributed by atoms with Crippen LogP contribution in [0.25, 0.3) is 43.6 Å². The molecule has 1 spiro atoms. The van der Waals surface area contributed by atoms with Gasteiger partial charge in [0.25, 0.3) is 11.8 Å². The SMILES string of the molecule is C=CN(C(=O)c1ccccc1)[C@H](CC)[C@H]1OC(=C)C(=C)[C@]12OCn1c3ccccc3c3c4c(c5c6ccccc6n2c5c31)CNC4=O. The van der Waals surface area contributed by atoms with E-state index in [1.165, 1.54) is 0 Å². The second-order valence-corrected chi connectivity index (χ2v) is 12.4. The maximum Gasteiger partial charge on any atom is 0.258 e. The summed E-state index contributed by atoms with van der Waals surface area (Å²) in [6, 6.07) is 25.0. The number of carbonyl (C=O) groups is 2. The highest BCUT2D eigenvalue weighted by molar-refractivity contribution is 6.31. The van der Waals surface area contributed by atoms with Crippen molar-refractivity contribution in [2.75, 3.05) is 0 Å². The number of aromatic nitrogens is 2. The predicted molar refractivity (Wildman–Crippen MR) is 183 cm³/mol. The molecule has 3 aliphatic heterocycles. The summed E-state index contributed by atoms with van der Waals surface area (Å²) in [5, 5.41) is 7.01. The molecule has 3 atom stereocenters. The monoisotopic (exact) mass is 620 g/mol. The second kappa shape index (κ2) is 9.70. The Bertz CT molecular complexity index is 2400. The van der Waals surface area contributed by atoms with Gasteiger partial charge in [-0.25, -0.2) is 0 Å². The standard InChI is InChI=1S/C39H32N4O4/c1-5-28(41(6-2)38(45)24-14-8-7-9-15-24)36-39(22(3)23(4)47-36)43-30-19-13-11-17-26(30)31-27-20-40-37(44)33(27)32-25-16-10-12-18-29(25)42(21-46-39)34(32)35(31)43/h6-19,28,36H,2-5,20-21H2,1H3,(H,40,44)/t28-,36-,39+/m1/s1. The van der Waals surface area contributed by atoms with Crippen LogP contribution in [0.3, 0.4) is 0 Å². The zero-order valence-electron chi connectivity index (χ0n) is 26.0. The lowest BCUT2D eigenvalue weighted by Gasteiger charge is -2.41. The number of para-hydroxylation sites is 2. The summed E-state index contributed by atoms with van der Waals surface area (Å²) in [5.41, 5.74) is 5.23. The predicted octanol–water partition coefficient (Wildman–Crippen LogP) is 7.32. The molecule has 5 heterocycles. The van der Waals surface area contributed by atoms with E-state index in [9.17, 15) is 9.59 Å². The number of nitrogens with one attached hydrogen (secondary N) is 1. The van der Waals surface area contributed by atoms with Gasteiger partial charge >= 0.3 is 0 Å². The minimum absolute atomic E-state index is 0.0755. The molecule has 2 aromatic heterocycles. The van der Waals surface area contributed by atoms with Gasteiger partial charge in [-0.2, -0.15) is 0 Å². The smallest absolute Gasteiger partial charge is 0.258 e. The lowest BCUT2D eigenvalue weighted by atomic mass is 9.91. The summed E-state index contributed by atoms with van der Waals surface area (Å²) in [6.45, 7) is 15.5. The molecule has 1 fully saturated rings. The number of ether oxygens (including phenoxy) is 2. The highest BCUT2D eigenvalue weighted by Crippen LogP contribution is 2.55. The van der Waals surface area contributed by atoms with E-state index in [-0.39, 0.29) is 18.5 Å². The number of benzene rings is 4. The van der Waals surface area contributed by atoms with Crippen LogP contribution in [0.2, 0.25) is 0 Å². The maximum absolute atomic E-state index is 14.0. The lowest BCUT2D eigenvalue weighted by molar-refractivity contribution is -0.158.